The van der Waals surface area contributed by atoms with Gasteiger partial charge in [0.1, 0.15) is 0 Å². The Morgan fingerprint density at radius 3 is 2.74 bits per heavy atom. The van der Waals surface area contributed by atoms with E-state index in [9.17, 15) is 9.59 Å². The molecular formula is C15H18N4O4. The zero-order valence-electron chi connectivity index (χ0n) is 12.6. The van der Waals surface area contributed by atoms with Gasteiger partial charge < -0.3 is 14.4 Å². The van der Waals surface area contributed by atoms with E-state index in [1.807, 2.05) is 12.1 Å². The molecule has 0 saturated carbocycles. The number of fused-ring (bicyclic) bond motifs is 1. The highest BCUT2D eigenvalue weighted by Crippen LogP contribution is 2.12. The van der Waals surface area contributed by atoms with Crippen molar-refractivity contribution in [1.82, 2.24) is 14.5 Å². The van der Waals surface area contributed by atoms with E-state index >= 15 is 0 Å². The van der Waals surface area contributed by atoms with E-state index in [2.05, 4.69) is 15.2 Å². The predicted octanol–water partition coefficient (Wildman–Crippen LogP) is 0.819. The number of aromatic nitrogens is 2. The van der Waals surface area contributed by atoms with E-state index < -0.39 is 11.7 Å². The van der Waals surface area contributed by atoms with Crippen molar-refractivity contribution in [1.29, 1.82) is 0 Å². The Morgan fingerprint density at radius 2 is 2.00 bits per heavy atom. The molecule has 122 valence electrons. The highest BCUT2D eigenvalue weighted by molar-refractivity contribution is 5.84. The quantitative estimate of drug-likeness (QED) is 0.866. The number of para-hydroxylation sites is 2. The van der Waals surface area contributed by atoms with Crippen LogP contribution in [0.1, 0.15) is 0 Å². The summed E-state index contributed by atoms with van der Waals surface area (Å²) in [6.07, 6.45) is -1.30. The minimum absolute atomic E-state index is 0.168. The van der Waals surface area contributed by atoms with E-state index in [4.69, 9.17) is 9.84 Å². The maximum absolute atomic E-state index is 12.5. The Labute approximate surface area is 132 Å². The molecule has 0 atom stereocenters. The van der Waals surface area contributed by atoms with Gasteiger partial charge >= 0.3 is 6.09 Å². The molecule has 1 aromatic carbocycles. The molecule has 0 spiro atoms. The molecule has 2 heterocycles. The van der Waals surface area contributed by atoms with Gasteiger partial charge in [-0.15, -0.1) is 0 Å². The second-order valence-electron chi connectivity index (χ2n) is 5.29. The Kier molecular flexibility index (Phi) is 4.54. The van der Waals surface area contributed by atoms with Crippen molar-refractivity contribution >= 4 is 22.9 Å². The van der Waals surface area contributed by atoms with Crippen LogP contribution in [0, 0.1) is 0 Å². The third-order valence-electron chi connectivity index (χ3n) is 3.82. The standard InChI is InChI=1S/C15H18N4O4/c20-14-13(17-15(21)22)16-11-3-1-2-4-12(11)19(14)6-5-18-7-9-23-10-8-18/h1-4H,5-10H2,(H,16,17)(H,21,22). The summed E-state index contributed by atoms with van der Waals surface area (Å²) in [5, 5.41) is 10.9. The number of hydrogen-bond acceptors (Lipinski definition) is 5. The second kappa shape index (κ2) is 6.76. The Morgan fingerprint density at radius 1 is 1.26 bits per heavy atom. The lowest BCUT2D eigenvalue weighted by molar-refractivity contribution is 0.0364. The molecule has 1 amide bonds. The number of carboxylic acid groups (broad SMARTS) is 1. The van der Waals surface area contributed by atoms with Gasteiger partial charge in [0.2, 0.25) is 5.82 Å². The first-order valence-electron chi connectivity index (χ1n) is 7.45. The van der Waals surface area contributed by atoms with Gasteiger partial charge in [0.05, 0.1) is 24.2 Å². The number of carbonyl (C=O) groups is 1. The molecule has 23 heavy (non-hydrogen) atoms. The molecule has 1 saturated heterocycles. The number of amides is 1. The molecule has 1 aromatic heterocycles. The van der Waals surface area contributed by atoms with Gasteiger partial charge in [0.25, 0.3) is 5.56 Å². The molecule has 0 aliphatic carbocycles. The number of hydrogen-bond donors (Lipinski definition) is 2. The lowest BCUT2D eigenvalue weighted by Gasteiger charge is -2.27. The topological polar surface area (TPSA) is 96.7 Å². The van der Waals surface area contributed by atoms with Gasteiger partial charge in [-0.25, -0.2) is 9.78 Å². The van der Waals surface area contributed by atoms with Crippen LogP contribution in [-0.4, -0.2) is 58.5 Å². The van der Waals surface area contributed by atoms with Crippen LogP contribution in [0.5, 0.6) is 0 Å². The van der Waals surface area contributed by atoms with Crippen molar-refractivity contribution < 1.29 is 14.6 Å². The van der Waals surface area contributed by atoms with Crippen LogP contribution in [-0.2, 0) is 11.3 Å². The largest absolute Gasteiger partial charge is 0.465 e. The lowest BCUT2D eigenvalue weighted by Crippen LogP contribution is -2.39. The van der Waals surface area contributed by atoms with Crippen molar-refractivity contribution in [2.45, 2.75) is 6.54 Å². The molecule has 2 N–H and O–H groups in total. The number of nitrogens with one attached hydrogen (secondary N) is 1. The van der Waals surface area contributed by atoms with E-state index in [1.165, 1.54) is 0 Å². The van der Waals surface area contributed by atoms with Gasteiger partial charge in [-0.1, -0.05) is 12.1 Å². The Hall–Kier alpha value is -2.45. The van der Waals surface area contributed by atoms with Gasteiger partial charge in [0.15, 0.2) is 0 Å². The highest BCUT2D eigenvalue weighted by atomic mass is 16.5. The summed E-state index contributed by atoms with van der Waals surface area (Å²) in [6.45, 7) is 4.21. The van der Waals surface area contributed by atoms with Crippen LogP contribution in [0.25, 0.3) is 11.0 Å². The van der Waals surface area contributed by atoms with Crippen LogP contribution in [0.4, 0.5) is 10.6 Å². The zero-order chi connectivity index (χ0) is 16.2. The number of ether oxygens (including phenoxy) is 1. The normalized spacial score (nSPS) is 15.7. The van der Waals surface area contributed by atoms with E-state index in [0.29, 0.717) is 37.3 Å². The van der Waals surface area contributed by atoms with Crippen LogP contribution in [0.2, 0.25) is 0 Å². The number of nitrogens with zero attached hydrogens (tertiary/aromatic N) is 3. The summed E-state index contributed by atoms with van der Waals surface area (Å²) in [5.74, 6) is -0.168. The van der Waals surface area contributed by atoms with Crippen LogP contribution in [0.15, 0.2) is 29.1 Å². The monoisotopic (exact) mass is 318 g/mol. The Bertz CT molecular complexity index is 768. The van der Waals surface area contributed by atoms with Gasteiger partial charge in [-0.05, 0) is 12.1 Å². The summed E-state index contributed by atoms with van der Waals surface area (Å²) in [5.41, 5.74) is 0.846. The zero-order valence-corrected chi connectivity index (χ0v) is 12.6. The van der Waals surface area contributed by atoms with Crippen molar-refractivity contribution in [3.05, 3.63) is 34.6 Å². The van der Waals surface area contributed by atoms with Gasteiger partial charge in [-0.2, -0.15) is 0 Å². The molecular weight excluding hydrogens is 300 g/mol. The summed E-state index contributed by atoms with van der Waals surface area (Å²) < 4.78 is 6.89. The third kappa shape index (κ3) is 3.49. The van der Waals surface area contributed by atoms with Gasteiger partial charge in [-0.3, -0.25) is 15.0 Å². The van der Waals surface area contributed by atoms with E-state index in [0.717, 1.165) is 13.1 Å². The first-order valence-corrected chi connectivity index (χ1v) is 7.45. The third-order valence-corrected chi connectivity index (χ3v) is 3.82. The maximum Gasteiger partial charge on any atom is 0.410 e. The van der Waals surface area contributed by atoms with Crippen molar-refractivity contribution in [3.63, 3.8) is 0 Å². The molecule has 0 bridgehead atoms. The minimum atomic E-state index is -1.30. The molecule has 1 aliphatic heterocycles. The second-order valence-corrected chi connectivity index (χ2v) is 5.29. The molecule has 1 aliphatic rings. The summed E-state index contributed by atoms with van der Waals surface area (Å²) >= 11 is 0. The van der Waals surface area contributed by atoms with Crippen molar-refractivity contribution in [2.75, 3.05) is 38.2 Å². The number of anilines is 1. The number of morpholine rings is 1. The lowest BCUT2D eigenvalue weighted by atomic mass is 10.3. The summed E-state index contributed by atoms with van der Waals surface area (Å²) in [7, 11) is 0. The fourth-order valence-corrected chi connectivity index (χ4v) is 2.66. The molecule has 8 heteroatoms. The average molecular weight is 318 g/mol. The summed E-state index contributed by atoms with van der Waals surface area (Å²) in [6, 6.07) is 7.20. The molecule has 8 nitrogen and oxygen atoms in total. The van der Waals surface area contributed by atoms with E-state index in [-0.39, 0.29) is 5.82 Å². The molecule has 2 aromatic rings. The minimum Gasteiger partial charge on any atom is -0.465 e. The number of benzene rings is 1. The highest BCUT2D eigenvalue weighted by Gasteiger charge is 2.15. The van der Waals surface area contributed by atoms with Gasteiger partial charge in [0, 0.05) is 26.2 Å². The van der Waals surface area contributed by atoms with Crippen LogP contribution < -0.4 is 10.9 Å². The van der Waals surface area contributed by atoms with Crippen molar-refractivity contribution in [2.24, 2.45) is 0 Å². The molecule has 0 radical (unpaired) electrons. The van der Waals surface area contributed by atoms with Crippen molar-refractivity contribution in [3.8, 4) is 0 Å². The first-order chi connectivity index (χ1) is 11.1. The summed E-state index contributed by atoms with van der Waals surface area (Å²) in [4.78, 5) is 29.7. The SMILES string of the molecule is O=C(O)Nc1nc2ccccc2n(CCN2CCOCC2)c1=O. The predicted molar refractivity (Wildman–Crippen MR) is 84.9 cm³/mol. The smallest absolute Gasteiger partial charge is 0.410 e. The average Bonchev–Trinajstić information content (AvgIpc) is 2.55. The fourth-order valence-electron chi connectivity index (χ4n) is 2.66. The van der Waals surface area contributed by atoms with Crippen LogP contribution >= 0.6 is 0 Å². The first kappa shape index (κ1) is 15.4. The maximum atomic E-state index is 12.5. The number of rotatable bonds is 4. The molecule has 0 unspecified atom stereocenters. The Balaban J connectivity index is 1.94. The fraction of sp³-hybridized carbons (Fsp3) is 0.400. The van der Waals surface area contributed by atoms with E-state index in [1.54, 1.807) is 16.7 Å². The van der Waals surface area contributed by atoms with Crippen LogP contribution in [0.3, 0.4) is 0 Å². The molecule has 1 fully saturated rings. The molecule has 3 rings (SSSR count).